The number of aromatic nitrogens is 3. The monoisotopic (exact) mass is 470 g/mol. The molecule has 0 bridgehead atoms. The molecule has 2 N–H and O–H groups in total. The molecule has 8 nitrogen and oxygen atoms in total. The number of piperidine rings is 1. The number of fused-ring (bicyclic) bond motifs is 2. The van der Waals surface area contributed by atoms with E-state index < -0.39 is 0 Å². The predicted molar refractivity (Wildman–Crippen MR) is 134 cm³/mol. The number of hydrogen-bond donors (Lipinski definition) is 2. The van der Waals surface area contributed by atoms with Gasteiger partial charge in [-0.3, -0.25) is 10.00 Å². The molecular formula is C27H30N6O2. The molecule has 4 heterocycles. The fraction of sp³-hybridized carbons (Fsp3) is 0.370. The summed E-state index contributed by atoms with van der Waals surface area (Å²) in [5.74, 6) is 0.647. The Labute approximate surface area is 204 Å². The molecule has 2 aliphatic heterocycles. The number of nitrogens with zero attached hydrogens (tertiary/aromatic N) is 4. The molecule has 1 atom stereocenters. The number of benzene rings is 2. The summed E-state index contributed by atoms with van der Waals surface area (Å²) < 4.78 is 5.61. The molecule has 2 aromatic carbocycles. The normalized spacial score (nSPS) is 18.5. The second-order valence-electron chi connectivity index (χ2n) is 9.63. The summed E-state index contributed by atoms with van der Waals surface area (Å²) in [6.45, 7) is 5.95. The van der Waals surface area contributed by atoms with Crippen LogP contribution < -0.4 is 5.32 Å². The lowest BCUT2D eigenvalue weighted by Gasteiger charge is -2.35. The Hall–Kier alpha value is -3.65. The molecule has 2 amide bonds. The summed E-state index contributed by atoms with van der Waals surface area (Å²) >= 11 is 0. The highest BCUT2D eigenvalue weighted by Gasteiger charge is 2.28. The molecule has 4 aromatic rings. The number of hydrogen-bond acceptors (Lipinski definition) is 5. The first-order chi connectivity index (χ1) is 17.1. The third-order valence-corrected chi connectivity index (χ3v) is 7.07. The van der Waals surface area contributed by atoms with Crippen LogP contribution in [-0.2, 0) is 19.5 Å². The molecule has 2 aromatic heterocycles. The molecule has 0 spiro atoms. The second-order valence-corrected chi connectivity index (χ2v) is 9.63. The Morgan fingerprint density at radius 3 is 2.97 bits per heavy atom. The van der Waals surface area contributed by atoms with Gasteiger partial charge in [0, 0.05) is 55.8 Å². The van der Waals surface area contributed by atoms with Crippen LogP contribution in [0.25, 0.3) is 22.4 Å². The third kappa shape index (κ3) is 4.53. The van der Waals surface area contributed by atoms with E-state index >= 15 is 0 Å². The Morgan fingerprint density at radius 1 is 1.20 bits per heavy atom. The molecule has 0 saturated carbocycles. The number of likely N-dealkylation sites (tertiary alicyclic amines) is 1. The fourth-order valence-electron chi connectivity index (χ4n) is 5.32. The van der Waals surface area contributed by atoms with Gasteiger partial charge in [0.05, 0.1) is 12.2 Å². The van der Waals surface area contributed by atoms with Gasteiger partial charge >= 0.3 is 6.03 Å². The van der Waals surface area contributed by atoms with E-state index in [1.165, 1.54) is 5.56 Å². The number of amides is 2. The van der Waals surface area contributed by atoms with Gasteiger partial charge in [-0.05, 0) is 43.1 Å². The van der Waals surface area contributed by atoms with Gasteiger partial charge in [0.1, 0.15) is 5.52 Å². The van der Waals surface area contributed by atoms with Crippen molar-refractivity contribution in [3.63, 3.8) is 0 Å². The lowest BCUT2D eigenvalue weighted by atomic mass is 10.0. The first-order valence-corrected chi connectivity index (χ1v) is 12.4. The number of aromatic amines is 1. The lowest BCUT2D eigenvalue weighted by Crippen LogP contribution is -2.52. The maximum Gasteiger partial charge on any atom is 0.317 e. The molecule has 1 unspecified atom stereocenters. The van der Waals surface area contributed by atoms with Crippen molar-refractivity contribution in [3.05, 3.63) is 71.2 Å². The van der Waals surface area contributed by atoms with E-state index in [-0.39, 0.29) is 12.1 Å². The van der Waals surface area contributed by atoms with Gasteiger partial charge in [-0.15, -0.1) is 0 Å². The zero-order valence-electron chi connectivity index (χ0n) is 20.0. The van der Waals surface area contributed by atoms with Gasteiger partial charge in [0.2, 0.25) is 0 Å². The average Bonchev–Trinajstić information content (AvgIpc) is 3.46. The van der Waals surface area contributed by atoms with Gasteiger partial charge in [0.25, 0.3) is 0 Å². The summed E-state index contributed by atoms with van der Waals surface area (Å²) in [6.07, 6.45) is 2.88. The highest BCUT2D eigenvalue weighted by Crippen LogP contribution is 2.30. The number of oxazole rings is 1. The summed E-state index contributed by atoms with van der Waals surface area (Å²) in [5, 5.41) is 11.1. The maximum atomic E-state index is 13.2. The minimum atomic E-state index is 0.0111. The lowest BCUT2D eigenvalue weighted by molar-refractivity contribution is 0.160. The molecule has 35 heavy (non-hydrogen) atoms. The SMILES string of the molecule is Cc1nc2cc(-c3n[nH]c4c3CN(C(=O)NC3CCCN(Cc5ccccc5)C3)CC4)ccc2o1. The van der Waals surface area contributed by atoms with Crippen molar-refractivity contribution in [1.82, 2.24) is 30.3 Å². The highest BCUT2D eigenvalue weighted by atomic mass is 16.3. The first-order valence-electron chi connectivity index (χ1n) is 12.4. The molecule has 6 rings (SSSR count). The number of carbonyl (C=O) groups excluding carboxylic acids is 1. The summed E-state index contributed by atoms with van der Waals surface area (Å²) in [7, 11) is 0. The Morgan fingerprint density at radius 2 is 2.09 bits per heavy atom. The predicted octanol–water partition coefficient (Wildman–Crippen LogP) is 4.26. The van der Waals surface area contributed by atoms with E-state index in [2.05, 4.69) is 49.7 Å². The average molecular weight is 471 g/mol. The largest absolute Gasteiger partial charge is 0.441 e. The zero-order valence-corrected chi connectivity index (χ0v) is 20.0. The zero-order chi connectivity index (χ0) is 23.8. The number of urea groups is 1. The summed E-state index contributed by atoms with van der Waals surface area (Å²) in [6, 6.07) is 16.7. The van der Waals surface area contributed by atoms with Crippen molar-refractivity contribution in [2.24, 2.45) is 0 Å². The topological polar surface area (TPSA) is 90.3 Å². The van der Waals surface area contributed by atoms with Gasteiger partial charge in [-0.1, -0.05) is 30.3 Å². The minimum absolute atomic E-state index is 0.0111. The van der Waals surface area contributed by atoms with Crippen molar-refractivity contribution in [2.45, 2.75) is 45.3 Å². The van der Waals surface area contributed by atoms with E-state index in [4.69, 9.17) is 4.42 Å². The first kappa shape index (κ1) is 21.9. The third-order valence-electron chi connectivity index (χ3n) is 7.07. The molecule has 2 aliphatic rings. The van der Waals surface area contributed by atoms with E-state index in [0.29, 0.717) is 19.0 Å². The van der Waals surface area contributed by atoms with Crippen LogP contribution >= 0.6 is 0 Å². The van der Waals surface area contributed by atoms with E-state index in [1.807, 2.05) is 36.1 Å². The highest BCUT2D eigenvalue weighted by molar-refractivity contribution is 5.81. The number of nitrogens with one attached hydrogen (secondary N) is 2. The van der Waals surface area contributed by atoms with Crippen LogP contribution in [0.4, 0.5) is 4.79 Å². The number of aryl methyl sites for hydroxylation is 1. The molecule has 1 fully saturated rings. The molecule has 0 aliphatic carbocycles. The number of rotatable bonds is 4. The maximum absolute atomic E-state index is 13.2. The van der Waals surface area contributed by atoms with E-state index in [1.54, 1.807) is 0 Å². The van der Waals surface area contributed by atoms with Crippen molar-refractivity contribution < 1.29 is 9.21 Å². The van der Waals surface area contributed by atoms with Crippen LogP contribution in [0.1, 0.15) is 35.6 Å². The van der Waals surface area contributed by atoms with Crippen molar-refractivity contribution in [1.29, 1.82) is 0 Å². The van der Waals surface area contributed by atoms with Gasteiger partial charge in [0.15, 0.2) is 11.5 Å². The van der Waals surface area contributed by atoms with Gasteiger partial charge in [-0.25, -0.2) is 9.78 Å². The van der Waals surface area contributed by atoms with Crippen LogP contribution in [0.2, 0.25) is 0 Å². The molecular weight excluding hydrogens is 440 g/mol. The van der Waals surface area contributed by atoms with Crippen molar-refractivity contribution >= 4 is 17.1 Å². The molecule has 1 saturated heterocycles. The fourth-order valence-corrected chi connectivity index (χ4v) is 5.32. The Bertz CT molecular complexity index is 1340. The smallest absolute Gasteiger partial charge is 0.317 e. The summed E-state index contributed by atoms with van der Waals surface area (Å²) in [4.78, 5) is 22.0. The van der Waals surface area contributed by atoms with Crippen molar-refractivity contribution in [2.75, 3.05) is 19.6 Å². The van der Waals surface area contributed by atoms with Crippen LogP contribution in [0.3, 0.4) is 0 Å². The van der Waals surface area contributed by atoms with Crippen molar-refractivity contribution in [3.8, 4) is 11.3 Å². The van der Waals surface area contributed by atoms with Crippen LogP contribution in [-0.4, -0.2) is 56.7 Å². The standard InChI is InChI=1S/C27H30N6O2/c1-18-28-24-14-20(9-10-25(24)35-18)26-22-17-33(13-11-23(22)30-31-26)27(34)29-21-8-5-12-32(16-21)15-19-6-3-2-4-7-19/h2-4,6-7,9-10,14,21H,5,8,11-13,15-17H2,1H3,(H,29,34)(H,30,31). The minimum Gasteiger partial charge on any atom is -0.441 e. The summed E-state index contributed by atoms with van der Waals surface area (Å²) in [5.41, 5.74) is 6.95. The Kier molecular flexibility index (Phi) is 5.74. The van der Waals surface area contributed by atoms with Crippen LogP contribution in [0, 0.1) is 6.92 Å². The van der Waals surface area contributed by atoms with E-state index in [9.17, 15) is 4.79 Å². The Balaban J connectivity index is 1.13. The second kappa shape index (κ2) is 9.19. The van der Waals surface area contributed by atoms with E-state index in [0.717, 1.165) is 72.5 Å². The van der Waals surface area contributed by atoms with Gasteiger partial charge < -0.3 is 14.6 Å². The van der Waals surface area contributed by atoms with Crippen LogP contribution in [0.15, 0.2) is 52.9 Å². The molecule has 8 heteroatoms. The quantitative estimate of drug-likeness (QED) is 0.465. The van der Waals surface area contributed by atoms with Crippen LogP contribution in [0.5, 0.6) is 0 Å². The number of H-pyrrole nitrogens is 1. The molecule has 180 valence electrons. The van der Waals surface area contributed by atoms with Gasteiger partial charge in [-0.2, -0.15) is 5.10 Å². The molecule has 0 radical (unpaired) electrons. The number of carbonyl (C=O) groups is 1.